The molecule has 5 heteroatoms. The van der Waals surface area contributed by atoms with E-state index < -0.39 is 5.54 Å². The van der Waals surface area contributed by atoms with Crippen LogP contribution >= 0.6 is 0 Å². The van der Waals surface area contributed by atoms with E-state index in [0.717, 1.165) is 23.6 Å². The van der Waals surface area contributed by atoms with Crippen molar-refractivity contribution in [2.75, 3.05) is 19.9 Å². The number of nitrogens with zero attached hydrogens (tertiary/aromatic N) is 1. The molecule has 2 rings (SSSR count). The van der Waals surface area contributed by atoms with E-state index in [9.17, 15) is 4.79 Å². The van der Waals surface area contributed by atoms with Gasteiger partial charge in [-0.15, -0.1) is 0 Å². The Balaban J connectivity index is 2.10. The maximum atomic E-state index is 12.6. The normalized spacial score (nSPS) is 13.3. The minimum Gasteiger partial charge on any atom is -0.454 e. The molecule has 1 heterocycles. The van der Waals surface area contributed by atoms with Crippen LogP contribution in [0.2, 0.25) is 0 Å². The van der Waals surface area contributed by atoms with E-state index >= 15 is 0 Å². The summed E-state index contributed by atoms with van der Waals surface area (Å²) in [6, 6.07) is 5.81. The van der Waals surface area contributed by atoms with Gasteiger partial charge < -0.3 is 19.7 Å². The molecule has 0 aromatic heterocycles. The van der Waals surface area contributed by atoms with Crippen LogP contribution in [0.3, 0.4) is 0 Å². The maximum absolute atomic E-state index is 12.6. The molecule has 0 fully saturated rings. The number of likely N-dealkylation sites (N-methyl/N-ethyl adjacent to an activating group) is 2. The van der Waals surface area contributed by atoms with Crippen molar-refractivity contribution in [2.24, 2.45) is 0 Å². The monoisotopic (exact) mass is 292 g/mol. The highest BCUT2D eigenvalue weighted by Gasteiger charge is 2.30. The van der Waals surface area contributed by atoms with Crippen molar-refractivity contribution in [3.8, 4) is 11.5 Å². The first kappa shape index (κ1) is 15.6. The fourth-order valence-corrected chi connectivity index (χ4v) is 2.50. The van der Waals surface area contributed by atoms with Gasteiger partial charge in [-0.2, -0.15) is 0 Å². The molecule has 0 saturated heterocycles. The Hall–Kier alpha value is -1.75. The van der Waals surface area contributed by atoms with Crippen LogP contribution in [0.1, 0.15) is 33.3 Å². The van der Waals surface area contributed by atoms with E-state index in [-0.39, 0.29) is 12.7 Å². The summed E-state index contributed by atoms with van der Waals surface area (Å²) < 4.78 is 10.7. The van der Waals surface area contributed by atoms with Crippen LogP contribution in [0.25, 0.3) is 0 Å². The van der Waals surface area contributed by atoms with Crippen LogP contribution in [0, 0.1) is 0 Å². The first-order chi connectivity index (χ1) is 9.97. The standard InChI is InChI=1S/C16H24N2O3/c1-5-17-16(3,4)15(19)18(6-2)10-12-7-8-13-14(9-12)21-11-20-13/h7-9,17H,5-6,10-11H2,1-4H3. The first-order valence-electron chi connectivity index (χ1n) is 7.41. The van der Waals surface area contributed by atoms with Gasteiger partial charge in [0.2, 0.25) is 12.7 Å². The van der Waals surface area contributed by atoms with Crippen molar-refractivity contribution in [3.63, 3.8) is 0 Å². The number of fused-ring (bicyclic) bond motifs is 1. The molecule has 0 radical (unpaired) electrons. The third-order valence-electron chi connectivity index (χ3n) is 3.63. The van der Waals surface area contributed by atoms with Gasteiger partial charge >= 0.3 is 0 Å². The van der Waals surface area contributed by atoms with Crippen LogP contribution in [-0.4, -0.2) is 36.2 Å². The fourth-order valence-electron chi connectivity index (χ4n) is 2.50. The summed E-state index contributed by atoms with van der Waals surface area (Å²) in [6.45, 7) is 10.1. The summed E-state index contributed by atoms with van der Waals surface area (Å²) in [5.74, 6) is 1.62. The van der Waals surface area contributed by atoms with Crippen molar-refractivity contribution < 1.29 is 14.3 Å². The summed E-state index contributed by atoms with van der Waals surface area (Å²) in [7, 11) is 0. The van der Waals surface area contributed by atoms with Gasteiger partial charge in [-0.05, 0) is 45.0 Å². The molecule has 0 saturated carbocycles. The number of ether oxygens (including phenoxy) is 2. The number of carbonyl (C=O) groups excluding carboxylic acids is 1. The van der Waals surface area contributed by atoms with Gasteiger partial charge in [-0.1, -0.05) is 13.0 Å². The molecule has 0 atom stereocenters. The molecule has 1 amide bonds. The molecule has 1 N–H and O–H groups in total. The highest BCUT2D eigenvalue weighted by Crippen LogP contribution is 2.32. The number of carbonyl (C=O) groups is 1. The molecule has 0 bridgehead atoms. The topological polar surface area (TPSA) is 50.8 Å². The number of benzene rings is 1. The highest BCUT2D eigenvalue weighted by atomic mass is 16.7. The van der Waals surface area contributed by atoms with Crippen molar-refractivity contribution in [1.29, 1.82) is 0 Å². The molecule has 5 nitrogen and oxygen atoms in total. The lowest BCUT2D eigenvalue weighted by atomic mass is 10.0. The molecule has 116 valence electrons. The second-order valence-corrected chi connectivity index (χ2v) is 5.66. The predicted molar refractivity (Wildman–Crippen MR) is 81.4 cm³/mol. The van der Waals surface area contributed by atoms with Crippen molar-refractivity contribution in [3.05, 3.63) is 23.8 Å². The average Bonchev–Trinajstić information content (AvgIpc) is 2.91. The average molecular weight is 292 g/mol. The second kappa shape index (κ2) is 6.35. The summed E-state index contributed by atoms with van der Waals surface area (Å²) >= 11 is 0. The molecule has 1 aromatic carbocycles. The minimum absolute atomic E-state index is 0.101. The van der Waals surface area contributed by atoms with Crippen LogP contribution in [0.15, 0.2) is 18.2 Å². The highest BCUT2D eigenvalue weighted by molar-refractivity contribution is 5.85. The summed E-state index contributed by atoms with van der Waals surface area (Å²) in [4.78, 5) is 14.5. The SMILES string of the molecule is CCNC(C)(C)C(=O)N(CC)Cc1ccc2c(c1)OCO2. The Bertz CT molecular complexity index is 514. The second-order valence-electron chi connectivity index (χ2n) is 5.66. The zero-order valence-electron chi connectivity index (χ0n) is 13.2. The van der Waals surface area contributed by atoms with Gasteiger partial charge in [-0.25, -0.2) is 0 Å². The quantitative estimate of drug-likeness (QED) is 0.873. The number of hydrogen-bond acceptors (Lipinski definition) is 4. The first-order valence-corrected chi connectivity index (χ1v) is 7.41. The van der Waals surface area contributed by atoms with Gasteiger partial charge in [0.1, 0.15) is 0 Å². The molecule has 21 heavy (non-hydrogen) atoms. The Morgan fingerprint density at radius 3 is 2.67 bits per heavy atom. The van der Waals surface area contributed by atoms with Gasteiger partial charge in [0, 0.05) is 13.1 Å². The lowest BCUT2D eigenvalue weighted by molar-refractivity contribution is -0.137. The molecule has 0 unspecified atom stereocenters. The van der Waals surface area contributed by atoms with Crippen LogP contribution < -0.4 is 14.8 Å². The van der Waals surface area contributed by atoms with E-state index in [0.29, 0.717) is 13.1 Å². The van der Waals surface area contributed by atoms with Crippen LogP contribution in [0.4, 0.5) is 0 Å². The van der Waals surface area contributed by atoms with Crippen molar-refractivity contribution in [2.45, 2.75) is 39.8 Å². The molecule has 0 spiro atoms. The molecular weight excluding hydrogens is 268 g/mol. The van der Waals surface area contributed by atoms with Crippen LogP contribution in [0.5, 0.6) is 11.5 Å². The number of nitrogens with one attached hydrogen (secondary N) is 1. The third kappa shape index (κ3) is 3.47. The van der Waals surface area contributed by atoms with Gasteiger partial charge in [0.15, 0.2) is 11.5 Å². The molecule has 0 aliphatic carbocycles. The summed E-state index contributed by atoms with van der Waals surface area (Å²) in [6.07, 6.45) is 0. The van der Waals surface area contributed by atoms with E-state index in [4.69, 9.17) is 9.47 Å². The summed E-state index contributed by atoms with van der Waals surface area (Å²) in [5.41, 5.74) is 0.489. The van der Waals surface area contributed by atoms with E-state index in [1.165, 1.54) is 0 Å². The predicted octanol–water partition coefficient (Wildman–Crippen LogP) is 2.15. The Morgan fingerprint density at radius 1 is 1.29 bits per heavy atom. The molecule has 1 aromatic rings. The lowest BCUT2D eigenvalue weighted by Gasteiger charge is -2.32. The fraction of sp³-hybridized carbons (Fsp3) is 0.562. The van der Waals surface area contributed by atoms with Crippen LogP contribution in [-0.2, 0) is 11.3 Å². The van der Waals surface area contributed by atoms with Crippen molar-refractivity contribution >= 4 is 5.91 Å². The molecular formula is C16H24N2O3. The Labute approximate surface area is 126 Å². The number of amides is 1. The maximum Gasteiger partial charge on any atom is 0.242 e. The van der Waals surface area contributed by atoms with Gasteiger partial charge in [0.05, 0.1) is 5.54 Å². The molecule has 1 aliphatic rings. The zero-order chi connectivity index (χ0) is 15.5. The molecule has 1 aliphatic heterocycles. The van der Waals surface area contributed by atoms with E-state index in [1.807, 2.05) is 50.8 Å². The summed E-state index contributed by atoms with van der Waals surface area (Å²) in [5, 5.41) is 3.23. The van der Waals surface area contributed by atoms with E-state index in [2.05, 4.69) is 5.32 Å². The van der Waals surface area contributed by atoms with Gasteiger partial charge in [0.25, 0.3) is 0 Å². The largest absolute Gasteiger partial charge is 0.454 e. The van der Waals surface area contributed by atoms with Crippen molar-refractivity contribution in [1.82, 2.24) is 10.2 Å². The van der Waals surface area contributed by atoms with Gasteiger partial charge in [-0.3, -0.25) is 4.79 Å². The zero-order valence-corrected chi connectivity index (χ0v) is 13.2. The Kier molecular flexibility index (Phi) is 4.73. The Morgan fingerprint density at radius 2 is 2.00 bits per heavy atom. The third-order valence-corrected chi connectivity index (χ3v) is 3.63. The minimum atomic E-state index is -0.554. The number of rotatable bonds is 6. The lowest BCUT2D eigenvalue weighted by Crippen LogP contribution is -2.53. The number of hydrogen-bond donors (Lipinski definition) is 1. The van der Waals surface area contributed by atoms with E-state index in [1.54, 1.807) is 0 Å². The smallest absolute Gasteiger partial charge is 0.242 e.